The van der Waals surface area contributed by atoms with E-state index in [4.69, 9.17) is 0 Å². The maximum atomic E-state index is 12.6. The van der Waals surface area contributed by atoms with E-state index in [9.17, 15) is 8.42 Å². The molecule has 0 unspecified atom stereocenters. The first kappa shape index (κ1) is 26.3. The number of nitrogens with zero attached hydrogens (tertiary/aromatic N) is 3. The Morgan fingerprint density at radius 1 is 1.17 bits per heavy atom. The number of guanidine groups is 1. The van der Waals surface area contributed by atoms with Gasteiger partial charge in [-0.05, 0) is 32.4 Å². The number of thiazole rings is 1. The van der Waals surface area contributed by atoms with Crippen LogP contribution >= 0.6 is 46.7 Å². The van der Waals surface area contributed by atoms with Crippen LogP contribution in [0.25, 0.3) is 0 Å². The number of aryl methyl sites for hydroxylation is 1. The van der Waals surface area contributed by atoms with Crippen LogP contribution in [0.4, 0.5) is 0 Å². The van der Waals surface area contributed by atoms with Crippen LogP contribution in [-0.4, -0.2) is 49.8 Å². The Hall–Kier alpha value is -0.760. The van der Waals surface area contributed by atoms with Crippen LogP contribution in [0, 0.1) is 6.92 Å². The standard InChI is InChI=1S/C18H29N5O2S3.HI/c1-5-19-18(22-13-16-21-12-14(4)26-16)20-11-10-15-8-9-17(27-15)28(24,25)23(6-2)7-3;/h8-9,12H,5-7,10-11,13H2,1-4H3,(H2,19,20,22);1H. The van der Waals surface area contributed by atoms with Gasteiger partial charge >= 0.3 is 0 Å². The Morgan fingerprint density at radius 3 is 2.48 bits per heavy atom. The van der Waals surface area contributed by atoms with Gasteiger partial charge in [0.1, 0.15) is 9.22 Å². The van der Waals surface area contributed by atoms with Gasteiger partial charge in [-0.3, -0.25) is 0 Å². The van der Waals surface area contributed by atoms with Crippen molar-refractivity contribution < 1.29 is 8.42 Å². The van der Waals surface area contributed by atoms with E-state index in [1.165, 1.54) is 20.5 Å². The van der Waals surface area contributed by atoms with Gasteiger partial charge in [-0.1, -0.05) is 13.8 Å². The fraction of sp³-hybridized carbons (Fsp3) is 0.556. The average Bonchev–Trinajstić information content (AvgIpc) is 3.30. The van der Waals surface area contributed by atoms with E-state index < -0.39 is 10.0 Å². The molecule has 0 amide bonds. The molecule has 0 fully saturated rings. The highest BCUT2D eigenvalue weighted by Gasteiger charge is 2.23. The Bertz CT molecular complexity index is 876. The van der Waals surface area contributed by atoms with E-state index in [1.54, 1.807) is 17.4 Å². The summed E-state index contributed by atoms with van der Waals surface area (Å²) in [5.74, 6) is 0.739. The van der Waals surface area contributed by atoms with Gasteiger partial charge in [0.05, 0.1) is 6.54 Å². The number of aromatic nitrogens is 1. The average molecular weight is 572 g/mol. The Balaban J connectivity index is 0.00000420. The topological polar surface area (TPSA) is 86.7 Å². The second kappa shape index (κ2) is 12.8. The van der Waals surface area contributed by atoms with Gasteiger partial charge in [0.15, 0.2) is 5.96 Å². The molecule has 7 nitrogen and oxygen atoms in total. The van der Waals surface area contributed by atoms with Crippen molar-refractivity contribution in [2.45, 2.75) is 44.9 Å². The minimum absolute atomic E-state index is 0. The van der Waals surface area contributed by atoms with E-state index in [2.05, 4.69) is 20.6 Å². The first-order valence-corrected chi connectivity index (χ1v) is 12.5. The predicted octanol–water partition coefficient (Wildman–Crippen LogP) is 3.46. The lowest BCUT2D eigenvalue weighted by Gasteiger charge is -2.16. The molecule has 0 saturated heterocycles. The number of hydrogen-bond donors (Lipinski definition) is 2. The molecule has 0 atom stereocenters. The SMILES string of the molecule is CCNC(=NCc1ncc(C)s1)NCCc1ccc(S(=O)(=O)N(CC)CC)s1.I. The third kappa shape index (κ3) is 7.78. The minimum atomic E-state index is -3.38. The number of thiophene rings is 1. The highest BCUT2D eigenvalue weighted by atomic mass is 127. The Labute approximate surface area is 199 Å². The zero-order chi connectivity index (χ0) is 20.6. The van der Waals surface area contributed by atoms with E-state index in [-0.39, 0.29) is 24.0 Å². The molecule has 2 heterocycles. The molecule has 0 aliphatic heterocycles. The van der Waals surface area contributed by atoms with Crippen LogP contribution in [0.1, 0.15) is 35.5 Å². The van der Waals surface area contributed by atoms with Crippen molar-refractivity contribution in [1.82, 2.24) is 19.9 Å². The molecule has 0 saturated carbocycles. The first-order valence-electron chi connectivity index (χ1n) is 9.43. The molecular weight excluding hydrogens is 541 g/mol. The third-order valence-corrected chi connectivity index (χ3v) is 8.55. The summed E-state index contributed by atoms with van der Waals surface area (Å²) < 4.78 is 27.1. The highest BCUT2D eigenvalue weighted by molar-refractivity contribution is 14.0. The fourth-order valence-corrected chi connectivity index (χ4v) is 6.27. The molecule has 0 aliphatic rings. The Morgan fingerprint density at radius 2 is 1.90 bits per heavy atom. The van der Waals surface area contributed by atoms with Crippen LogP contribution in [0.2, 0.25) is 0 Å². The van der Waals surface area contributed by atoms with Crippen molar-refractivity contribution in [3.8, 4) is 0 Å². The van der Waals surface area contributed by atoms with Crippen molar-refractivity contribution in [3.63, 3.8) is 0 Å². The zero-order valence-corrected chi connectivity index (χ0v) is 22.0. The van der Waals surface area contributed by atoms with Crippen LogP contribution in [0.5, 0.6) is 0 Å². The number of aliphatic imine (C=N–C) groups is 1. The summed E-state index contributed by atoms with van der Waals surface area (Å²) in [4.78, 5) is 11.1. The molecule has 11 heteroatoms. The van der Waals surface area contributed by atoms with E-state index in [0.717, 1.165) is 28.8 Å². The van der Waals surface area contributed by atoms with E-state index in [0.29, 0.717) is 30.4 Å². The second-order valence-electron chi connectivity index (χ2n) is 6.05. The summed E-state index contributed by atoms with van der Waals surface area (Å²) in [5.41, 5.74) is 0. The summed E-state index contributed by atoms with van der Waals surface area (Å²) in [6.45, 7) is 10.7. The van der Waals surface area contributed by atoms with Crippen molar-refractivity contribution in [1.29, 1.82) is 0 Å². The van der Waals surface area contributed by atoms with Gasteiger partial charge in [0, 0.05) is 42.1 Å². The minimum Gasteiger partial charge on any atom is -0.357 e. The van der Waals surface area contributed by atoms with Crippen molar-refractivity contribution in [2.75, 3.05) is 26.2 Å². The second-order valence-corrected chi connectivity index (χ2v) is 10.7. The largest absolute Gasteiger partial charge is 0.357 e. The van der Waals surface area contributed by atoms with Crippen LogP contribution in [0.15, 0.2) is 27.5 Å². The molecule has 0 radical (unpaired) electrons. The van der Waals surface area contributed by atoms with Gasteiger partial charge < -0.3 is 10.6 Å². The van der Waals surface area contributed by atoms with Crippen molar-refractivity contribution in [3.05, 3.63) is 33.1 Å². The molecular formula is C18H30IN5O2S3. The van der Waals surface area contributed by atoms with E-state index >= 15 is 0 Å². The first-order chi connectivity index (χ1) is 13.4. The summed E-state index contributed by atoms with van der Waals surface area (Å²) in [6.07, 6.45) is 2.59. The van der Waals surface area contributed by atoms with Crippen LogP contribution in [0.3, 0.4) is 0 Å². The fourth-order valence-electron chi connectivity index (χ4n) is 2.59. The number of halogens is 1. The molecule has 2 aromatic rings. The quantitative estimate of drug-likeness (QED) is 0.259. The van der Waals surface area contributed by atoms with Crippen LogP contribution < -0.4 is 10.6 Å². The number of hydrogen-bond acceptors (Lipinski definition) is 6. The van der Waals surface area contributed by atoms with E-state index in [1.807, 2.05) is 40.0 Å². The molecule has 0 aromatic carbocycles. The maximum absolute atomic E-state index is 12.6. The monoisotopic (exact) mass is 571 g/mol. The molecule has 164 valence electrons. The summed E-state index contributed by atoms with van der Waals surface area (Å²) in [7, 11) is -3.38. The predicted molar refractivity (Wildman–Crippen MR) is 133 cm³/mol. The Kier molecular flexibility index (Phi) is 11.6. The normalized spacial score (nSPS) is 12.1. The lowest BCUT2D eigenvalue weighted by atomic mass is 10.3. The summed E-state index contributed by atoms with van der Waals surface area (Å²) in [5, 5.41) is 7.51. The van der Waals surface area contributed by atoms with Gasteiger partial charge in [-0.2, -0.15) is 4.31 Å². The van der Waals surface area contributed by atoms with Gasteiger partial charge in [-0.15, -0.1) is 46.7 Å². The molecule has 29 heavy (non-hydrogen) atoms. The molecule has 0 aliphatic carbocycles. The van der Waals surface area contributed by atoms with Crippen molar-refractivity contribution >= 4 is 62.6 Å². The maximum Gasteiger partial charge on any atom is 0.252 e. The van der Waals surface area contributed by atoms with Gasteiger partial charge in [0.25, 0.3) is 10.0 Å². The third-order valence-electron chi connectivity index (χ3n) is 3.99. The molecule has 0 bridgehead atoms. The van der Waals surface area contributed by atoms with Gasteiger partial charge in [0.2, 0.25) is 0 Å². The summed E-state index contributed by atoms with van der Waals surface area (Å²) >= 11 is 2.99. The lowest BCUT2D eigenvalue weighted by molar-refractivity contribution is 0.447. The molecule has 0 spiro atoms. The lowest BCUT2D eigenvalue weighted by Crippen LogP contribution is -2.38. The number of rotatable bonds is 10. The summed E-state index contributed by atoms with van der Waals surface area (Å²) in [6, 6.07) is 3.60. The van der Waals surface area contributed by atoms with Crippen molar-refractivity contribution in [2.24, 2.45) is 4.99 Å². The molecule has 2 N–H and O–H groups in total. The highest BCUT2D eigenvalue weighted by Crippen LogP contribution is 2.25. The smallest absolute Gasteiger partial charge is 0.252 e. The number of nitrogens with one attached hydrogen (secondary N) is 2. The number of sulfonamides is 1. The zero-order valence-electron chi connectivity index (χ0n) is 17.3. The van der Waals surface area contributed by atoms with Crippen LogP contribution in [-0.2, 0) is 23.0 Å². The van der Waals surface area contributed by atoms with Gasteiger partial charge in [-0.25, -0.2) is 18.4 Å². The molecule has 2 rings (SSSR count). The molecule has 2 aromatic heterocycles.